The number of rotatable bonds is 6. The number of hydrogen-bond donors (Lipinski definition) is 1. The number of nitrogens with one attached hydrogen (secondary N) is 1. The van der Waals surface area contributed by atoms with Gasteiger partial charge in [-0.05, 0) is 50.8 Å². The molecule has 0 aliphatic rings. The standard InChI is InChI=1S/C17H27NO3.C2H6.H2/c1-13(2)14-7-9-15(10-8-14)20-12-6-11-18-16(19)21-17(3,4)5;1-2;/h7-10,13H,6,11-12H2,1-5H3,(H,18,19);1-2H3;1H. The summed E-state index contributed by atoms with van der Waals surface area (Å²) in [7, 11) is 0. The fourth-order valence-electron chi connectivity index (χ4n) is 1.72. The Kier molecular flexibility index (Phi) is 10.1. The molecule has 1 amide bonds. The van der Waals surface area contributed by atoms with E-state index in [0.29, 0.717) is 19.1 Å². The zero-order valence-electron chi connectivity index (χ0n) is 15.7. The fraction of sp³-hybridized carbons (Fsp3) is 0.632. The van der Waals surface area contributed by atoms with Crippen LogP contribution in [-0.2, 0) is 4.74 Å². The first kappa shape index (κ1) is 21.3. The number of amides is 1. The molecule has 1 aromatic rings. The Bertz CT molecular complexity index is 439. The van der Waals surface area contributed by atoms with Gasteiger partial charge in [-0.2, -0.15) is 0 Å². The Morgan fingerprint density at radius 3 is 2.22 bits per heavy atom. The van der Waals surface area contributed by atoms with Crippen molar-refractivity contribution in [2.75, 3.05) is 13.2 Å². The second-order valence-corrected chi connectivity index (χ2v) is 6.35. The highest BCUT2D eigenvalue weighted by molar-refractivity contribution is 5.67. The van der Waals surface area contributed by atoms with Crippen LogP contribution in [0.3, 0.4) is 0 Å². The number of hydrogen-bond acceptors (Lipinski definition) is 3. The number of carbonyl (C=O) groups excluding carboxylic acids is 1. The van der Waals surface area contributed by atoms with E-state index < -0.39 is 5.60 Å². The Morgan fingerprint density at radius 1 is 1.17 bits per heavy atom. The minimum Gasteiger partial charge on any atom is -0.494 e. The Hall–Kier alpha value is -1.71. The lowest BCUT2D eigenvalue weighted by Crippen LogP contribution is -2.33. The van der Waals surface area contributed by atoms with Crippen molar-refractivity contribution in [1.29, 1.82) is 0 Å². The smallest absolute Gasteiger partial charge is 0.407 e. The van der Waals surface area contributed by atoms with E-state index in [4.69, 9.17) is 9.47 Å². The van der Waals surface area contributed by atoms with E-state index in [1.165, 1.54) is 5.56 Å². The van der Waals surface area contributed by atoms with Crippen LogP contribution in [0.4, 0.5) is 4.79 Å². The lowest BCUT2D eigenvalue weighted by molar-refractivity contribution is 0.0525. The van der Waals surface area contributed by atoms with Gasteiger partial charge in [0.05, 0.1) is 6.61 Å². The van der Waals surface area contributed by atoms with Gasteiger partial charge in [0.2, 0.25) is 0 Å². The predicted molar refractivity (Wildman–Crippen MR) is 98.3 cm³/mol. The summed E-state index contributed by atoms with van der Waals surface area (Å²) < 4.78 is 10.8. The molecule has 0 aromatic heterocycles. The fourth-order valence-corrected chi connectivity index (χ4v) is 1.72. The predicted octanol–water partition coefficient (Wildman–Crippen LogP) is 5.38. The van der Waals surface area contributed by atoms with Crippen LogP contribution in [-0.4, -0.2) is 24.8 Å². The molecule has 0 spiro atoms. The molecular formula is C19H35NO3. The van der Waals surface area contributed by atoms with E-state index in [1.807, 2.05) is 46.8 Å². The molecule has 134 valence electrons. The summed E-state index contributed by atoms with van der Waals surface area (Å²) in [5.41, 5.74) is 0.840. The zero-order valence-corrected chi connectivity index (χ0v) is 15.7. The highest BCUT2D eigenvalue weighted by Crippen LogP contribution is 2.18. The Morgan fingerprint density at radius 2 is 1.74 bits per heavy atom. The van der Waals surface area contributed by atoms with E-state index in [2.05, 4.69) is 31.3 Å². The molecular weight excluding hydrogens is 290 g/mol. The van der Waals surface area contributed by atoms with Gasteiger partial charge < -0.3 is 14.8 Å². The lowest BCUT2D eigenvalue weighted by atomic mass is 10.0. The quantitative estimate of drug-likeness (QED) is 0.715. The number of alkyl carbamates (subject to hydrolysis) is 1. The molecule has 0 atom stereocenters. The van der Waals surface area contributed by atoms with E-state index in [1.54, 1.807) is 0 Å². The van der Waals surface area contributed by atoms with Crippen LogP contribution in [0, 0.1) is 0 Å². The second kappa shape index (κ2) is 10.9. The third kappa shape index (κ3) is 10.6. The topological polar surface area (TPSA) is 47.6 Å². The van der Waals surface area contributed by atoms with E-state index in [-0.39, 0.29) is 7.52 Å². The van der Waals surface area contributed by atoms with Crippen molar-refractivity contribution in [2.45, 2.75) is 66.4 Å². The number of carbonyl (C=O) groups is 1. The maximum absolute atomic E-state index is 11.4. The average Bonchev–Trinajstić information content (AvgIpc) is 2.47. The van der Waals surface area contributed by atoms with Crippen LogP contribution in [0.5, 0.6) is 5.75 Å². The van der Waals surface area contributed by atoms with Crippen molar-refractivity contribution >= 4 is 6.09 Å². The van der Waals surface area contributed by atoms with Crippen LogP contribution >= 0.6 is 0 Å². The van der Waals surface area contributed by atoms with E-state index >= 15 is 0 Å². The number of ether oxygens (including phenoxy) is 2. The largest absolute Gasteiger partial charge is 0.494 e. The van der Waals surface area contributed by atoms with Gasteiger partial charge in [0, 0.05) is 7.97 Å². The third-order valence-corrected chi connectivity index (χ3v) is 2.80. The molecule has 23 heavy (non-hydrogen) atoms. The maximum atomic E-state index is 11.4. The van der Waals surface area contributed by atoms with Crippen molar-refractivity contribution in [1.82, 2.24) is 5.32 Å². The summed E-state index contributed by atoms with van der Waals surface area (Å²) in [4.78, 5) is 11.4. The summed E-state index contributed by atoms with van der Waals surface area (Å²) in [6, 6.07) is 8.13. The summed E-state index contributed by atoms with van der Waals surface area (Å²) in [5.74, 6) is 1.38. The van der Waals surface area contributed by atoms with Crippen molar-refractivity contribution in [3.05, 3.63) is 29.8 Å². The van der Waals surface area contributed by atoms with Crippen molar-refractivity contribution in [2.24, 2.45) is 0 Å². The van der Waals surface area contributed by atoms with E-state index in [9.17, 15) is 4.79 Å². The molecule has 0 bridgehead atoms. The molecule has 4 heteroatoms. The number of benzene rings is 1. The zero-order chi connectivity index (χ0) is 17.9. The molecule has 1 N–H and O–H groups in total. The highest BCUT2D eigenvalue weighted by Gasteiger charge is 2.15. The third-order valence-electron chi connectivity index (χ3n) is 2.80. The van der Waals surface area contributed by atoms with Crippen LogP contribution in [0.15, 0.2) is 24.3 Å². The monoisotopic (exact) mass is 325 g/mol. The molecule has 0 unspecified atom stereocenters. The first-order valence-electron chi connectivity index (χ1n) is 8.47. The Labute approximate surface area is 143 Å². The van der Waals surface area contributed by atoms with Gasteiger partial charge in [0.25, 0.3) is 0 Å². The van der Waals surface area contributed by atoms with Crippen LogP contribution in [0.1, 0.15) is 67.8 Å². The van der Waals surface area contributed by atoms with E-state index in [0.717, 1.165) is 12.2 Å². The first-order valence-corrected chi connectivity index (χ1v) is 8.47. The molecule has 0 saturated carbocycles. The van der Waals surface area contributed by atoms with Gasteiger partial charge in [-0.15, -0.1) is 0 Å². The molecule has 0 saturated heterocycles. The van der Waals surface area contributed by atoms with Gasteiger partial charge in [-0.25, -0.2) is 4.79 Å². The Balaban J connectivity index is 0. The normalized spacial score (nSPS) is 10.6. The molecule has 0 heterocycles. The van der Waals surface area contributed by atoms with Crippen LogP contribution < -0.4 is 10.1 Å². The highest BCUT2D eigenvalue weighted by atomic mass is 16.6. The molecule has 1 aromatic carbocycles. The average molecular weight is 325 g/mol. The molecule has 0 aliphatic heterocycles. The molecule has 0 radical (unpaired) electrons. The van der Waals surface area contributed by atoms with Gasteiger partial charge in [0.1, 0.15) is 11.4 Å². The summed E-state index contributed by atoms with van der Waals surface area (Å²) in [6.45, 7) is 15.0. The van der Waals surface area contributed by atoms with Gasteiger partial charge in [-0.1, -0.05) is 39.8 Å². The first-order chi connectivity index (χ1) is 10.8. The van der Waals surface area contributed by atoms with Crippen molar-refractivity contribution in [3.63, 3.8) is 0 Å². The summed E-state index contributed by atoms with van der Waals surface area (Å²) in [5, 5.41) is 2.71. The lowest BCUT2D eigenvalue weighted by Gasteiger charge is -2.19. The van der Waals surface area contributed by atoms with Gasteiger partial charge in [0.15, 0.2) is 0 Å². The SMILES string of the molecule is CC.CC(C)c1ccc(OCCCNC(=O)OC(C)(C)C)cc1.[HH]. The van der Waals surface area contributed by atoms with Gasteiger partial charge >= 0.3 is 6.09 Å². The van der Waals surface area contributed by atoms with Crippen LogP contribution in [0.2, 0.25) is 0 Å². The minimum absolute atomic E-state index is 0. The molecule has 4 nitrogen and oxygen atoms in total. The summed E-state index contributed by atoms with van der Waals surface area (Å²) in [6.07, 6.45) is 0.356. The van der Waals surface area contributed by atoms with Crippen molar-refractivity contribution < 1.29 is 15.7 Å². The molecule has 1 rings (SSSR count). The van der Waals surface area contributed by atoms with Gasteiger partial charge in [-0.3, -0.25) is 0 Å². The second-order valence-electron chi connectivity index (χ2n) is 6.35. The molecule has 0 fully saturated rings. The minimum atomic E-state index is -0.460. The maximum Gasteiger partial charge on any atom is 0.407 e. The molecule has 0 aliphatic carbocycles. The van der Waals surface area contributed by atoms with Crippen LogP contribution in [0.25, 0.3) is 0 Å². The van der Waals surface area contributed by atoms with Crippen molar-refractivity contribution in [3.8, 4) is 5.75 Å². The summed E-state index contributed by atoms with van der Waals surface area (Å²) >= 11 is 0.